The molecule has 0 radical (unpaired) electrons. The molecule has 0 bridgehead atoms. The lowest BCUT2D eigenvalue weighted by Gasteiger charge is -2.22. The number of nitrogens with two attached hydrogens (primary N) is 1. The zero-order valence-electron chi connectivity index (χ0n) is 49.2. The number of carbonyl (C=O) groups is 2. The molecule has 3 aromatic rings. The van der Waals surface area contributed by atoms with E-state index in [9.17, 15) is 18.0 Å². The number of nitrogens with one attached hydrogen (secondary N) is 3. The first kappa shape index (κ1) is 65.9. The number of aryl methyl sites for hydroxylation is 1. The molecular weight excluding hydrogens is 999 g/mol. The number of guanidine groups is 1. The van der Waals surface area contributed by atoms with Gasteiger partial charge in [0.2, 0.25) is 11.9 Å². The Hall–Kier alpha value is -4.66. The molecule has 0 aromatic heterocycles. The van der Waals surface area contributed by atoms with Gasteiger partial charge in [-0.1, -0.05) is 216 Å². The molecule has 1 aliphatic rings. The summed E-state index contributed by atoms with van der Waals surface area (Å²) in [4.78, 5) is 32.2. The average molecular weight is 1100 g/mol. The highest BCUT2D eigenvalue weighted by Gasteiger charge is 2.30. The molecule has 2 amide bonds. The van der Waals surface area contributed by atoms with Crippen molar-refractivity contribution in [3.05, 3.63) is 82.4 Å². The van der Waals surface area contributed by atoms with Crippen LogP contribution in [0.5, 0.6) is 5.75 Å². The molecule has 0 aliphatic heterocycles. The molecule has 1 aliphatic carbocycles. The van der Waals surface area contributed by atoms with Gasteiger partial charge in [-0.2, -0.15) is 0 Å². The van der Waals surface area contributed by atoms with Crippen molar-refractivity contribution in [3.63, 3.8) is 0 Å². The van der Waals surface area contributed by atoms with Gasteiger partial charge in [0.1, 0.15) is 18.4 Å². The van der Waals surface area contributed by atoms with Crippen LogP contribution in [0.25, 0.3) is 11.1 Å². The van der Waals surface area contributed by atoms with E-state index in [0.717, 1.165) is 47.9 Å². The number of alkyl carbamates (subject to hydrolysis) is 1. The van der Waals surface area contributed by atoms with Crippen LogP contribution in [-0.4, -0.2) is 85.2 Å². The summed E-state index contributed by atoms with van der Waals surface area (Å²) in [6, 6.07) is 17.0. The van der Waals surface area contributed by atoms with Crippen molar-refractivity contribution in [3.8, 4) is 16.9 Å². The number of nitrogens with zero attached hydrogens (tertiary/aromatic N) is 1. The van der Waals surface area contributed by atoms with E-state index in [-0.39, 0.29) is 49.0 Å². The van der Waals surface area contributed by atoms with Crippen molar-refractivity contribution in [1.29, 1.82) is 0 Å². The number of ether oxygens (including phenoxy) is 4. The quantitative estimate of drug-likeness (QED) is 0.0243. The number of rotatable bonds is 44. The lowest BCUT2D eigenvalue weighted by Crippen LogP contribution is -2.49. The molecule has 0 heterocycles. The summed E-state index contributed by atoms with van der Waals surface area (Å²) in [7, 11) is -2.53. The topological polar surface area (TPSA) is 180 Å². The number of methoxy groups -OCH3 is 1. The predicted octanol–water partition coefficient (Wildman–Crippen LogP) is 14.6. The smallest absolute Gasteiger partial charge is 0.407 e. The molecule has 0 saturated carbocycles. The molecule has 4 rings (SSSR count). The summed E-state index contributed by atoms with van der Waals surface area (Å²) in [6.45, 7) is 11.7. The third-order valence-corrected chi connectivity index (χ3v) is 17.0. The van der Waals surface area contributed by atoms with Crippen molar-refractivity contribution in [2.75, 3.05) is 46.6 Å². The van der Waals surface area contributed by atoms with Crippen LogP contribution in [0.1, 0.15) is 227 Å². The maximum absolute atomic E-state index is 14.1. The molecule has 0 spiro atoms. The van der Waals surface area contributed by atoms with Crippen LogP contribution in [0.4, 0.5) is 4.79 Å². The van der Waals surface area contributed by atoms with E-state index in [2.05, 4.69) is 58.5 Å². The van der Waals surface area contributed by atoms with Gasteiger partial charge in [0.05, 0.1) is 24.7 Å². The highest BCUT2D eigenvalue weighted by atomic mass is 32.2. The van der Waals surface area contributed by atoms with Crippen molar-refractivity contribution in [2.45, 2.75) is 237 Å². The Morgan fingerprint density at radius 1 is 0.654 bits per heavy atom. The minimum Gasteiger partial charge on any atom is -0.496 e. The van der Waals surface area contributed by atoms with Gasteiger partial charge in [-0.3, -0.25) is 9.79 Å². The summed E-state index contributed by atoms with van der Waals surface area (Å²) in [5.41, 5.74) is 12.3. The molecule has 1 unspecified atom stereocenters. The third-order valence-electron chi connectivity index (χ3n) is 15.4. The second kappa shape index (κ2) is 38.9. The Bertz CT molecular complexity index is 2260. The number of hydrogen-bond acceptors (Lipinski definition) is 9. The van der Waals surface area contributed by atoms with Crippen LogP contribution in [0.2, 0.25) is 0 Å². The SMILES string of the molecule is CCCCCCCCCCCCCCCCCCOCC(CNC(=O)[C@H](CCCN=C(N)NS(=O)(=O)c1c(C)cc(OC)c(C)c1C)NC(=O)OCC1c2ccccc2-c2ccccc21)OCCCCCCCCCCCC. The molecule has 2 atom stereocenters. The number of sulfonamides is 1. The average Bonchev–Trinajstić information content (AvgIpc) is 3.75. The van der Waals surface area contributed by atoms with Gasteiger partial charge < -0.3 is 35.3 Å². The fourth-order valence-electron chi connectivity index (χ4n) is 10.7. The molecule has 3 aromatic carbocycles. The number of fused-ring (bicyclic) bond motifs is 3. The van der Waals surface area contributed by atoms with Gasteiger partial charge in [-0.15, -0.1) is 0 Å². The molecule has 0 saturated heterocycles. The first-order valence-electron chi connectivity index (χ1n) is 30.5. The zero-order valence-corrected chi connectivity index (χ0v) is 50.0. The minimum atomic E-state index is -4.08. The fourth-order valence-corrected chi connectivity index (χ4v) is 12.2. The van der Waals surface area contributed by atoms with Crippen LogP contribution < -0.4 is 25.8 Å². The van der Waals surface area contributed by atoms with E-state index in [1.54, 1.807) is 33.9 Å². The number of benzene rings is 3. The summed E-state index contributed by atoms with van der Waals surface area (Å²) >= 11 is 0. The zero-order chi connectivity index (χ0) is 56.2. The van der Waals surface area contributed by atoms with Gasteiger partial charge in [0.15, 0.2) is 0 Å². The highest BCUT2D eigenvalue weighted by Crippen LogP contribution is 2.44. The molecule has 0 fully saturated rings. The Morgan fingerprint density at radius 2 is 1.14 bits per heavy atom. The first-order valence-corrected chi connectivity index (χ1v) is 32.0. The summed E-state index contributed by atoms with van der Waals surface area (Å²) in [6.07, 6.45) is 32.7. The van der Waals surface area contributed by atoms with Gasteiger partial charge >= 0.3 is 6.09 Å². The molecular formula is C64H103N5O8S. The summed E-state index contributed by atoms with van der Waals surface area (Å²) in [5.74, 6) is -0.238. The van der Waals surface area contributed by atoms with Gasteiger partial charge in [0, 0.05) is 32.2 Å². The second-order valence-electron chi connectivity index (χ2n) is 21.8. The Balaban J connectivity index is 1.32. The normalized spacial score (nSPS) is 13.2. The van der Waals surface area contributed by atoms with E-state index in [1.165, 1.54) is 141 Å². The molecule has 14 heteroatoms. The number of hydrogen-bond donors (Lipinski definition) is 4. The minimum absolute atomic E-state index is 0.0852. The maximum Gasteiger partial charge on any atom is 0.407 e. The molecule has 78 heavy (non-hydrogen) atoms. The van der Waals surface area contributed by atoms with Gasteiger partial charge in [0.25, 0.3) is 10.0 Å². The van der Waals surface area contributed by atoms with E-state index in [1.807, 2.05) is 24.3 Å². The Kier molecular flexibility index (Phi) is 32.8. The number of aliphatic imine (C=N–C) groups is 1. The monoisotopic (exact) mass is 1100 g/mol. The fraction of sp³-hybridized carbons (Fsp3) is 0.672. The maximum atomic E-state index is 14.1. The first-order chi connectivity index (χ1) is 37.9. The van der Waals surface area contributed by atoms with E-state index in [0.29, 0.717) is 48.7 Å². The van der Waals surface area contributed by atoms with Gasteiger partial charge in [-0.25, -0.2) is 17.9 Å². The second-order valence-corrected chi connectivity index (χ2v) is 23.4. The largest absolute Gasteiger partial charge is 0.496 e. The highest BCUT2D eigenvalue weighted by molar-refractivity contribution is 7.90. The number of carbonyl (C=O) groups excluding carboxylic acids is 2. The van der Waals surface area contributed by atoms with Crippen LogP contribution in [0.15, 0.2) is 64.5 Å². The van der Waals surface area contributed by atoms with E-state index in [4.69, 9.17) is 24.7 Å². The van der Waals surface area contributed by atoms with Crippen molar-refractivity contribution < 1.29 is 37.0 Å². The van der Waals surface area contributed by atoms with E-state index < -0.39 is 28.1 Å². The van der Waals surface area contributed by atoms with Gasteiger partial charge in [-0.05, 0) is 91.5 Å². The molecule has 13 nitrogen and oxygen atoms in total. The predicted molar refractivity (Wildman–Crippen MR) is 320 cm³/mol. The third kappa shape index (κ3) is 24.4. The van der Waals surface area contributed by atoms with E-state index >= 15 is 0 Å². The van der Waals surface area contributed by atoms with Crippen molar-refractivity contribution >= 4 is 28.0 Å². The van der Waals surface area contributed by atoms with Crippen molar-refractivity contribution in [2.24, 2.45) is 10.7 Å². The molecule has 438 valence electrons. The summed E-state index contributed by atoms with van der Waals surface area (Å²) < 4.78 is 53.4. The lowest BCUT2D eigenvalue weighted by atomic mass is 9.98. The Morgan fingerprint density at radius 3 is 1.65 bits per heavy atom. The summed E-state index contributed by atoms with van der Waals surface area (Å²) in [5, 5.41) is 5.89. The van der Waals surface area contributed by atoms with Crippen molar-refractivity contribution in [1.82, 2.24) is 15.4 Å². The van der Waals surface area contributed by atoms with Crippen LogP contribution in [0, 0.1) is 20.8 Å². The standard InChI is InChI=1S/C64H103N5O8S/c1-7-9-11-13-15-17-19-20-21-22-23-24-25-27-29-35-44-75-48-53(76-45-36-30-28-26-18-16-14-12-10-8-2)47-67-62(70)59(68-64(71)77-49-58-56-40-33-31-38-54(56)55-39-32-34-41-57(55)58)42-37-43-66-63(65)69-78(72,73)61-50(3)46-60(74-6)51(4)52(61)5/h31-34,38-41,46,53,58-59H,7-30,35-37,42-45,47-49H2,1-6H3,(H,67,70)(H,68,71)(H3,65,66,69)/t53?,59-/m0/s1. The van der Waals surface area contributed by atoms with Crippen LogP contribution in [0.3, 0.4) is 0 Å². The van der Waals surface area contributed by atoms with Crippen LogP contribution in [-0.2, 0) is 29.0 Å². The number of amides is 2. The Labute approximate surface area is 472 Å². The number of unbranched alkanes of at least 4 members (excludes halogenated alkanes) is 24. The lowest BCUT2D eigenvalue weighted by molar-refractivity contribution is -0.124. The molecule has 5 N–H and O–H groups in total. The van der Waals surface area contributed by atoms with Crippen LogP contribution >= 0.6 is 0 Å².